The molecule has 0 radical (unpaired) electrons. The van der Waals surface area contributed by atoms with Gasteiger partial charge in [-0.15, -0.1) is 6.61 Å². The van der Waals surface area contributed by atoms with Crippen molar-refractivity contribution >= 4 is 0 Å². The summed E-state index contributed by atoms with van der Waals surface area (Å²) in [5.41, 5.74) is 0. The molecule has 1 nitrogen and oxygen atoms in total. The SMILES string of the molecule is C/C=C\[C@@H](C)C[O-].[Li+]. The van der Waals surface area contributed by atoms with Crippen LogP contribution in [0.5, 0.6) is 0 Å². The van der Waals surface area contributed by atoms with E-state index >= 15 is 0 Å². The third kappa shape index (κ3) is 6.30. The second kappa shape index (κ2) is 7.30. The minimum Gasteiger partial charge on any atom is -0.854 e. The van der Waals surface area contributed by atoms with Crippen LogP contribution in [0.3, 0.4) is 0 Å². The van der Waals surface area contributed by atoms with Crippen molar-refractivity contribution in [2.75, 3.05) is 6.61 Å². The summed E-state index contributed by atoms with van der Waals surface area (Å²) in [6.45, 7) is 3.84. The Bertz CT molecular complexity index is 61.5. The molecule has 0 fully saturated rings. The Balaban J connectivity index is 0. The van der Waals surface area contributed by atoms with Crippen molar-refractivity contribution in [1.29, 1.82) is 0 Å². The second-order valence-electron chi connectivity index (χ2n) is 1.67. The smallest absolute Gasteiger partial charge is 0.854 e. The number of hydrogen-bond acceptors (Lipinski definition) is 1. The zero-order valence-corrected chi connectivity index (χ0v) is 5.85. The Morgan fingerprint density at radius 1 is 1.62 bits per heavy atom. The largest absolute Gasteiger partial charge is 1.00 e. The minimum atomic E-state index is 0. The van der Waals surface area contributed by atoms with E-state index in [1.165, 1.54) is 0 Å². The second-order valence-corrected chi connectivity index (χ2v) is 1.67. The van der Waals surface area contributed by atoms with E-state index in [1.54, 1.807) is 0 Å². The first kappa shape index (κ1) is 11.1. The van der Waals surface area contributed by atoms with Gasteiger partial charge in [0.1, 0.15) is 0 Å². The van der Waals surface area contributed by atoms with Crippen LogP contribution >= 0.6 is 0 Å². The Kier molecular flexibility index (Phi) is 10.2. The average Bonchev–Trinajstić information content (AvgIpc) is 1.68. The molecule has 0 aliphatic heterocycles. The predicted molar refractivity (Wildman–Crippen MR) is 28.8 cm³/mol. The molecule has 0 aromatic heterocycles. The summed E-state index contributed by atoms with van der Waals surface area (Å²) in [7, 11) is 0. The molecule has 42 valence electrons. The monoisotopic (exact) mass is 106 g/mol. The van der Waals surface area contributed by atoms with Gasteiger partial charge >= 0.3 is 18.9 Å². The van der Waals surface area contributed by atoms with Crippen molar-refractivity contribution in [3.8, 4) is 0 Å². The summed E-state index contributed by atoms with van der Waals surface area (Å²) in [4.78, 5) is 0. The first-order valence-corrected chi connectivity index (χ1v) is 2.52. The topological polar surface area (TPSA) is 23.1 Å². The van der Waals surface area contributed by atoms with Crippen molar-refractivity contribution in [3.05, 3.63) is 12.2 Å². The van der Waals surface area contributed by atoms with Crippen LogP contribution < -0.4 is 24.0 Å². The van der Waals surface area contributed by atoms with Crippen LogP contribution in [-0.2, 0) is 0 Å². The van der Waals surface area contributed by atoms with Crippen LogP contribution in [0.15, 0.2) is 12.2 Å². The first-order chi connectivity index (χ1) is 3.31. The van der Waals surface area contributed by atoms with Crippen molar-refractivity contribution in [2.24, 2.45) is 5.92 Å². The maximum absolute atomic E-state index is 9.97. The summed E-state index contributed by atoms with van der Waals surface area (Å²) in [5.74, 6) is 0.213. The average molecular weight is 106 g/mol. The normalized spacial score (nSPS) is 13.4. The van der Waals surface area contributed by atoms with Gasteiger partial charge in [0.05, 0.1) is 0 Å². The molecule has 8 heavy (non-hydrogen) atoms. The van der Waals surface area contributed by atoms with Gasteiger partial charge in [0.15, 0.2) is 0 Å². The molecule has 0 aliphatic rings. The van der Waals surface area contributed by atoms with Gasteiger partial charge in [0.25, 0.3) is 0 Å². The predicted octanol–water partition coefficient (Wildman–Crippen LogP) is -2.44. The molecule has 0 saturated heterocycles. The molecular weight excluding hydrogens is 95.0 g/mol. The van der Waals surface area contributed by atoms with Gasteiger partial charge in [-0.3, -0.25) is 0 Å². The van der Waals surface area contributed by atoms with Crippen LogP contribution in [0.1, 0.15) is 13.8 Å². The van der Waals surface area contributed by atoms with Crippen LogP contribution in [0, 0.1) is 5.92 Å². The summed E-state index contributed by atoms with van der Waals surface area (Å²) in [5, 5.41) is 9.97. The van der Waals surface area contributed by atoms with Gasteiger partial charge in [-0.1, -0.05) is 19.1 Å². The number of hydrogen-bond donors (Lipinski definition) is 0. The van der Waals surface area contributed by atoms with Gasteiger partial charge in [-0.05, 0) is 12.8 Å². The standard InChI is InChI=1S/C6H11O.Li/c1-3-4-6(2)5-7;/h3-4,6H,5H2,1-2H3;/q-1;+1/b4-3-;/t6-;/m1./s1. The Hall–Kier alpha value is 0.297. The maximum Gasteiger partial charge on any atom is 1.00 e. The number of allylic oxidation sites excluding steroid dienone is 1. The molecule has 0 saturated carbocycles. The summed E-state index contributed by atoms with van der Waals surface area (Å²) < 4.78 is 0. The molecule has 0 N–H and O–H groups in total. The number of rotatable bonds is 2. The van der Waals surface area contributed by atoms with E-state index < -0.39 is 0 Å². The van der Waals surface area contributed by atoms with Gasteiger partial charge in [-0.25, -0.2) is 0 Å². The molecule has 1 atom stereocenters. The zero-order valence-electron chi connectivity index (χ0n) is 5.85. The third-order valence-electron chi connectivity index (χ3n) is 0.784. The molecule has 0 heterocycles. The quantitative estimate of drug-likeness (QED) is 0.283. The zero-order chi connectivity index (χ0) is 5.70. The molecule has 0 amide bonds. The Morgan fingerprint density at radius 2 is 2.12 bits per heavy atom. The van der Waals surface area contributed by atoms with E-state index in [9.17, 15) is 5.11 Å². The Labute approximate surface area is 63.0 Å². The molecule has 2 heteroatoms. The van der Waals surface area contributed by atoms with E-state index in [0.29, 0.717) is 0 Å². The van der Waals surface area contributed by atoms with E-state index in [4.69, 9.17) is 0 Å². The van der Waals surface area contributed by atoms with E-state index in [-0.39, 0.29) is 31.4 Å². The van der Waals surface area contributed by atoms with E-state index in [2.05, 4.69) is 0 Å². The molecule has 0 aliphatic carbocycles. The molecule has 0 aromatic carbocycles. The van der Waals surface area contributed by atoms with Crippen LogP contribution in [-0.4, -0.2) is 6.61 Å². The van der Waals surface area contributed by atoms with Crippen molar-refractivity contribution < 1.29 is 24.0 Å². The molecule has 0 spiro atoms. The maximum atomic E-state index is 9.97. The minimum absolute atomic E-state index is 0. The van der Waals surface area contributed by atoms with Crippen molar-refractivity contribution in [2.45, 2.75) is 13.8 Å². The molecule has 0 aromatic rings. The van der Waals surface area contributed by atoms with Crippen LogP contribution in [0.2, 0.25) is 0 Å². The molecule has 0 bridgehead atoms. The summed E-state index contributed by atoms with van der Waals surface area (Å²) >= 11 is 0. The van der Waals surface area contributed by atoms with Crippen LogP contribution in [0.25, 0.3) is 0 Å². The third-order valence-corrected chi connectivity index (χ3v) is 0.784. The van der Waals surface area contributed by atoms with E-state index in [0.717, 1.165) is 0 Å². The van der Waals surface area contributed by atoms with Gasteiger partial charge in [-0.2, -0.15) is 0 Å². The van der Waals surface area contributed by atoms with Crippen molar-refractivity contribution in [1.82, 2.24) is 0 Å². The molecular formula is C6H11LiO. The fourth-order valence-electron chi connectivity index (χ4n) is 0.384. The molecule has 0 unspecified atom stereocenters. The van der Waals surface area contributed by atoms with Gasteiger partial charge in [0.2, 0.25) is 0 Å². The Morgan fingerprint density at radius 3 is 2.25 bits per heavy atom. The van der Waals surface area contributed by atoms with Crippen molar-refractivity contribution in [3.63, 3.8) is 0 Å². The summed E-state index contributed by atoms with van der Waals surface area (Å²) in [6.07, 6.45) is 3.82. The fraction of sp³-hybridized carbons (Fsp3) is 0.667. The van der Waals surface area contributed by atoms with E-state index in [1.807, 2.05) is 26.0 Å². The van der Waals surface area contributed by atoms with Crippen LogP contribution in [0.4, 0.5) is 0 Å². The fourth-order valence-corrected chi connectivity index (χ4v) is 0.384. The molecule has 0 rings (SSSR count). The van der Waals surface area contributed by atoms with Gasteiger partial charge < -0.3 is 5.11 Å². The van der Waals surface area contributed by atoms with Gasteiger partial charge in [0, 0.05) is 0 Å². The first-order valence-electron chi connectivity index (χ1n) is 2.52. The summed E-state index contributed by atoms with van der Waals surface area (Å²) in [6, 6.07) is 0.